The third kappa shape index (κ3) is 6.00. The van der Waals surface area contributed by atoms with Crippen LogP contribution in [0.1, 0.15) is 121 Å². The molecule has 0 aliphatic rings. The van der Waals surface area contributed by atoms with Gasteiger partial charge in [0.1, 0.15) is 0 Å². The first kappa shape index (κ1) is 26.2. The molecule has 188 valence electrons. The van der Waals surface area contributed by atoms with Crippen LogP contribution in [0, 0.1) is 0 Å². The molecule has 0 saturated heterocycles. The fourth-order valence-corrected chi connectivity index (χ4v) is 4.84. The molecular formula is C28H46N6. The van der Waals surface area contributed by atoms with Crippen molar-refractivity contribution in [3.63, 3.8) is 0 Å². The molecule has 0 fully saturated rings. The Morgan fingerprint density at radius 2 is 0.735 bits per heavy atom. The van der Waals surface area contributed by atoms with Gasteiger partial charge in [0.25, 0.3) is 0 Å². The van der Waals surface area contributed by atoms with Crippen LogP contribution in [0.15, 0.2) is 18.2 Å². The summed E-state index contributed by atoms with van der Waals surface area (Å²) in [5, 5.41) is 15.5. The number of nitrogens with zero attached hydrogens (tertiary/aromatic N) is 6. The molecule has 0 atom stereocenters. The molecule has 34 heavy (non-hydrogen) atoms. The van der Waals surface area contributed by atoms with E-state index in [1.807, 2.05) is 0 Å². The Morgan fingerprint density at radius 1 is 0.471 bits per heavy atom. The minimum atomic E-state index is -0.202. The zero-order chi connectivity index (χ0) is 24.5. The van der Waals surface area contributed by atoms with Gasteiger partial charge in [-0.3, -0.25) is 0 Å². The van der Waals surface area contributed by atoms with E-state index in [4.69, 9.17) is 15.3 Å². The Labute approximate surface area is 206 Å². The van der Waals surface area contributed by atoms with Gasteiger partial charge >= 0.3 is 0 Å². The summed E-state index contributed by atoms with van der Waals surface area (Å²) in [4.78, 5) is 0. The third-order valence-corrected chi connectivity index (χ3v) is 6.28. The molecule has 0 aliphatic carbocycles. The van der Waals surface area contributed by atoms with Gasteiger partial charge < -0.3 is 0 Å². The van der Waals surface area contributed by atoms with E-state index in [9.17, 15) is 0 Å². The van der Waals surface area contributed by atoms with Crippen molar-refractivity contribution in [3.8, 4) is 0 Å². The molecule has 0 aromatic carbocycles. The number of hydrogen-bond donors (Lipinski definition) is 0. The van der Waals surface area contributed by atoms with E-state index in [0.29, 0.717) is 0 Å². The highest BCUT2D eigenvalue weighted by Gasteiger charge is 2.27. The van der Waals surface area contributed by atoms with Crippen LogP contribution in [0.5, 0.6) is 0 Å². The molecule has 6 nitrogen and oxygen atoms in total. The van der Waals surface area contributed by atoms with Gasteiger partial charge in [0, 0.05) is 17.1 Å². The maximum absolute atomic E-state index is 5.18. The van der Waals surface area contributed by atoms with E-state index in [1.165, 1.54) is 34.2 Å². The minimum Gasteiger partial charge on any atom is -0.224 e. The lowest BCUT2D eigenvalue weighted by molar-refractivity contribution is 0.260. The maximum Gasteiger partial charge on any atom is 0.238 e. The summed E-state index contributed by atoms with van der Waals surface area (Å²) in [6.07, 6.45) is 12.4. The second-order valence-electron chi connectivity index (χ2n) is 9.56. The van der Waals surface area contributed by atoms with Crippen molar-refractivity contribution in [2.24, 2.45) is 0 Å². The lowest BCUT2D eigenvalue weighted by Crippen LogP contribution is -2.32. The van der Waals surface area contributed by atoms with E-state index in [-0.39, 0.29) is 6.29 Å². The summed E-state index contributed by atoms with van der Waals surface area (Å²) in [5.74, 6) is 0. The predicted octanol–water partition coefficient (Wildman–Crippen LogP) is 6.54. The highest BCUT2D eigenvalue weighted by molar-refractivity contribution is 5.18. The molecule has 0 N–H and O–H groups in total. The molecular weight excluding hydrogens is 420 g/mol. The minimum absolute atomic E-state index is 0.202. The van der Waals surface area contributed by atoms with Crippen LogP contribution < -0.4 is 0 Å². The van der Waals surface area contributed by atoms with Gasteiger partial charge in [-0.1, -0.05) is 80.1 Å². The first-order valence-corrected chi connectivity index (χ1v) is 13.8. The Hall–Kier alpha value is -2.37. The number of hydrogen-bond acceptors (Lipinski definition) is 3. The molecule has 0 radical (unpaired) electrons. The van der Waals surface area contributed by atoms with Crippen LogP contribution in [-0.2, 0) is 38.5 Å². The summed E-state index contributed by atoms with van der Waals surface area (Å²) < 4.78 is 6.70. The Balaban J connectivity index is 2.26. The van der Waals surface area contributed by atoms with Crippen molar-refractivity contribution in [2.75, 3.05) is 0 Å². The van der Waals surface area contributed by atoms with Gasteiger partial charge in [0.2, 0.25) is 6.29 Å². The molecule has 3 aromatic heterocycles. The van der Waals surface area contributed by atoms with Crippen LogP contribution in [-0.4, -0.2) is 29.3 Å². The molecule has 3 rings (SSSR count). The van der Waals surface area contributed by atoms with Gasteiger partial charge in [0.05, 0.1) is 17.1 Å². The van der Waals surface area contributed by atoms with Crippen molar-refractivity contribution in [2.45, 2.75) is 125 Å². The quantitative estimate of drug-likeness (QED) is 0.255. The van der Waals surface area contributed by atoms with E-state index >= 15 is 0 Å². The van der Waals surface area contributed by atoms with E-state index < -0.39 is 0 Å². The average Bonchev–Trinajstić information content (AvgIpc) is 3.50. The van der Waals surface area contributed by atoms with Crippen molar-refractivity contribution in [3.05, 3.63) is 52.4 Å². The summed E-state index contributed by atoms with van der Waals surface area (Å²) >= 11 is 0. The zero-order valence-corrected chi connectivity index (χ0v) is 22.5. The van der Waals surface area contributed by atoms with E-state index in [2.05, 4.69) is 73.8 Å². The monoisotopic (exact) mass is 466 g/mol. The van der Waals surface area contributed by atoms with Crippen molar-refractivity contribution in [1.29, 1.82) is 0 Å². The fourth-order valence-electron chi connectivity index (χ4n) is 4.84. The number of aryl methyl sites for hydroxylation is 6. The van der Waals surface area contributed by atoms with Crippen LogP contribution in [0.2, 0.25) is 0 Å². The first-order chi connectivity index (χ1) is 16.6. The molecule has 3 heterocycles. The summed E-state index contributed by atoms with van der Waals surface area (Å²) in [6, 6.07) is 6.93. The second kappa shape index (κ2) is 12.9. The molecule has 0 amide bonds. The largest absolute Gasteiger partial charge is 0.238 e. The first-order valence-electron chi connectivity index (χ1n) is 13.8. The Morgan fingerprint density at radius 3 is 0.971 bits per heavy atom. The molecule has 0 bridgehead atoms. The summed E-state index contributed by atoms with van der Waals surface area (Å²) in [6.45, 7) is 13.4. The molecule has 0 saturated carbocycles. The van der Waals surface area contributed by atoms with Gasteiger partial charge in [-0.25, -0.2) is 14.0 Å². The normalized spacial score (nSPS) is 11.7. The summed E-state index contributed by atoms with van der Waals surface area (Å²) in [5.41, 5.74) is 7.36. The SMILES string of the molecule is CCCc1cc(CCC)n(C(n2nc(CCC)cc2CCC)n2nc(CCC)cc2CCC)n1. The third-order valence-electron chi connectivity index (χ3n) is 6.28. The van der Waals surface area contributed by atoms with Crippen LogP contribution in [0.25, 0.3) is 0 Å². The molecule has 0 unspecified atom stereocenters. The lowest BCUT2D eigenvalue weighted by atomic mass is 10.2. The lowest BCUT2D eigenvalue weighted by Gasteiger charge is -2.25. The average molecular weight is 467 g/mol. The molecule has 0 aliphatic heterocycles. The molecule has 0 spiro atoms. The van der Waals surface area contributed by atoms with E-state index in [1.54, 1.807) is 0 Å². The molecule has 3 aromatic rings. The van der Waals surface area contributed by atoms with Gasteiger partial charge in [-0.2, -0.15) is 15.3 Å². The second-order valence-corrected chi connectivity index (χ2v) is 9.56. The summed E-state index contributed by atoms with van der Waals surface area (Å²) in [7, 11) is 0. The smallest absolute Gasteiger partial charge is 0.224 e. The van der Waals surface area contributed by atoms with Gasteiger partial charge in [0.15, 0.2) is 0 Å². The number of aromatic nitrogens is 6. The van der Waals surface area contributed by atoms with Crippen LogP contribution >= 0.6 is 0 Å². The predicted molar refractivity (Wildman–Crippen MR) is 140 cm³/mol. The Kier molecular flexibility index (Phi) is 9.97. The Bertz CT molecular complexity index is 879. The molecule has 6 heteroatoms. The van der Waals surface area contributed by atoms with Crippen molar-refractivity contribution >= 4 is 0 Å². The standard InChI is InChI=1S/C28H46N6/c1-7-13-22-19-25(16-10-4)32(29-22)28(33-26(17-11-5)20-23(30-33)14-8-2)34-27(18-12-6)21-24(31-34)15-9-3/h19-21,28H,7-18H2,1-6H3. The topological polar surface area (TPSA) is 53.5 Å². The fraction of sp³-hybridized carbons (Fsp3) is 0.679. The van der Waals surface area contributed by atoms with Gasteiger partial charge in [-0.15, -0.1) is 0 Å². The maximum atomic E-state index is 5.18. The van der Waals surface area contributed by atoms with E-state index in [0.717, 1.165) is 77.0 Å². The van der Waals surface area contributed by atoms with Crippen molar-refractivity contribution < 1.29 is 0 Å². The highest BCUT2D eigenvalue weighted by Crippen LogP contribution is 2.25. The van der Waals surface area contributed by atoms with Crippen LogP contribution in [0.4, 0.5) is 0 Å². The van der Waals surface area contributed by atoms with Crippen LogP contribution in [0.3, 0.4) is 0 Å². The highest BCUT2D eigenvalue weighted by atomic mass is 15.6. The van der Waals surface area contributed by atoms with Gasteiger partial charge in [-0.05, 0) is 56.7 Å². The zero-order valence-electron chi connectivity index (χ0n) is 22.5. The number of rotatable bonds is 15. The van der Waals surface area contributed by atoms with Crippen molar-refractivity contribution in [1.82, 2.24) is 29.3 Å².